The van der Waals surface area contributed by atoms with Crippen molar-refractivity contribution in [3.05, 3.63) is 0 Å². The Hall–Kier alpha value is -0.0800. The zero-order chi connectivity index (χ0) is 10.8. The molecule has 84 valence electrons. The molecule has 0 amide bonds. The predicted octanol–water partition coefficient (Wildman–Crippen LogP) is 2.23. The number of hydrogen-bond acceptors (Lipinski definition) is 2. The average Bonchev–Trinajstić information content (AvgIpc) is 2.61. The molecule has 0 aromatic heterocycles. The first-order valence-electron chi connectivity index (χ1n) is 5.98. The van der Waals surface area contributed by atoms with Gasteiger partial charge in [-0.15, -0.1) is 0 Å². The largest absolute Gasteiger partial charge is 0.329 e. The van der Waals surface area contributed by atoms with Crippen LogP contribution in [0, 0.1) is 5.92 Å². The fraction of sp³-hybridized carbons (Fsp3) is 1.00. The third-order valence-electron chi connectivity index (χ3n) is 4.17. The number of hydrogen-bond donors (Lipinski definition) is 1. The Balaban J connectivity index is 2.68. The van der Waals surface area contributed by atoms with Crippen molar-refractivity contribution in [2.45, 2.75) is 58.0 Å². The van der Waals surface area contributed by atoms with Crippen LogP contribution in [0.3, 0.4) is 0 Å². The minimum atomic E-state index is 0.300. The molecule has 0 spiro atoms. The molecule has 0 bridgehead atoms. The maximum atomic E-state index is 5.98. The Morgan fingerprint density at radius 1 is 1.50 bits per heavy atom. The Morgan fingerprint density at radius 3 is 2.50 bits per heavy atom. The maximum absolute atomic E-state index is 5.98. The molecule has 2 heteroatoms. The highest BCUT2D eigenvalue weighted by Crippen LogP contribution is 2.40. The van der Waals surface area contributed by atoms with Gasteiger partial charge < -0.3 is 5.73 Å². The molecule has 1 aliphatic rings. The van der Waals surface area contributed by atoms with Crippen molar-refractivity contribution in [1.29, 1.82) is 0 Å². The first-order valence-corrected chi connectivity index (χ1v) is 5.98. The van der Waals surface area contributed by atoms with Gasteiger partial charge in [-0.05, 0) is 46.1 Å². The van der Waals surface area contributed by atoms with Gasteiger partial charge in [0.2, 0.25) is 0 Å². The molecule has 2 atom stereocenters. The molecule has 0 aromatic rings. The minimum absolute atomic E-state index is 0.300. The van der Waals surface area contributed by atoms with Crippen LogP contribution in [0.15, 0.2) is 0 Å². The number of likely N-dealkylation sites (N-methyl/N-ethyl adjacent to an activating group) is 1. The smallest absolute Gasteiger partial charge is 0.0334 e. The third kappa shape index (κ3) is 2.12. The standard InChI is InChI=1S/C12H26N2/c1-5-11-6-7-12(8-11,9-13)14(4)10(2)3/h10-11H,5-9,13H2,1-4H3. The maximum Gasteiger partial charge on any atom is 0.0334 e. The zero-order valence-corrected chi connectivity index (χ0v) is 10.2. The molecule has 1 fully saturated rings. The first-order chi connectivity index (χ1) is 6.55. The monoisotopic (exact) mass is 198 g/mol. The molecule has 1 rings (SSSR count). The lowest BCUT2D eigenvalue weighted by Gasteiger charge is -2.41. The summed E-state index contributed by atoms with van der Waals surface area (Å²) in [6, 6.07) is 0.606. The van der Waals surface area contributed by atoms with Gasteiger partial charge in [0.15, 0.2) is 0 Å². The lowest BCUT2D eigenvalue weighted by Crippen LogP contribution is -2.53. The SMILES string of the molecule is CCC1CCC(CN)(N(C)C(C)C)C1. The van der Waals surface area contributed by atoms with E-state index in [9.17, 15) is 0 Å². The molecule has 2 nitrogen and oxygen atoms in total. The van der Waals surface area contributed by atoms with Crippen molar-refractivity contribution in [3.63, 3.8) is 0 Å². The summed E-state index contributed by atoms with van der Waals surface area (Å²) < 4.78 is 0. The molecule has 0 heterocycles. The Kier molecular flexibility index (Phi) is 3.96. The van der Waals surface area contributed by atoms with E-state index in [1.807, 2.05) is 0 Å². The minimum Gasteiger partial charge on any atom is -0.329 e. The molecule has 1 aliphatic carbocycles. The second-order valence-corrected chi connectivity index (χ2v) is 5.15. The number of nitrogens with two attached hydrogens (primary N) is 1. The van der Waals surface area contributed by atoms with Gasteiger partial charge in [-0.2, -0.15) is 0 Å². The van der Waals surface area contributed by atoms with Gasteiger partial charge in [0.25, 0.3) is 0 Å². The fourth-order valence-corrected chi connectivity index (χ4v) is 2.76. The molecular formula is C12H26N2. The summed E-state index contributed by atoms with van der Waals surface area (Å²) in [5, 5.41) is 0. The van der Waals surface area contributed by atoms with Gasteiger partial charge in [-0.3, -0.25) is 4.90 Å². The highest BCUT2D eigenvalue weighted by Gasteiger charge is 2.41. The normalized spacial score (nSPS) is 33.2. The highest BCUT2D eigenvalue weighted by molar-refractivity contribution is 4.98. The lowest BCUT2D eigenvalue weighted by molar-refractivity contribution is 0.0935. The van der Waals surface area contributed by atoms with E-state index in [0.717, 1.165) is 12.5 Å². The molecule has 0 aliphatic heterocycles. The molecule has 14 heavy (non-hydrogen) atoms. The van der Waals surface area contributed by atoms with E-state index in [-0.39, 0.29) is 0 Å². The molecule has 0 saturated heterocycles. The molecule has 0 aromatic carbocycles. The van der Waals surface area contributed by atoms with E-state index in [4.69, 9.17) is 5.73 Å². The van der Waals surface area contributed by atoms with Gasteiger partial charge >= 0.3 is 0 Å². The van der Waals surface area contributed by atoms with Crippen molar-refractivity contribution in [3.8, 4) is 0 Å². The Morgan fingerprint density at radius 2 is 2.14 bits per heavy atom. The second-order valence-electron chi connectivity index (χ2n) is 5.15. The van der Waals surface area contributed by atoms with Crippen LogP contribution in [0.1, 0.15) is 46.5 Å². The van der Waals surface area contributed by atoms with Gasteiger partial charge in [-0.25, -0.2) is 0 Å². The first kappa shape index (κ1) is 12.0. The van der Waals surface area contributed by atoms with Crippen LogP contribution in [0.2, 0.25) is 0 Å². The van der Waals surface area contributed by atoms with E-state index in [0.29, 0.717) is 11.6 Å². The van der Waals surface area contributed by atoms with E-state index < -0.39 is 0 Å². The van der Waals surface area contributed by atoms with E-state index in [2.05, 4.69) is 32.7 Å². The van der Waals surface area contributed by atoms with Crippen LogP contribution in [-0.4, -0.2) is 30.1 Å². The summed E-state index contributed by atoms with van der Waals surface area (Å²) in [6.07, 6.45) is 5.27. The van der Waals surface area contributed by atoms with Crippen LogP contribution >= 0.6 is 0 Å². The van der Waals surface area contributed by atoms with Gasteiger partial charge in [-0.1, -0.05) is 13.3 Å². The van der Waals surface area contributed by atoms with Crippen LogP contribution in [0.5, 0.6) is 0 Å². The molecule has 0 radical (unpaired) electrons. The van der Waals surface area contributed by atoms with Crippen molar-refractivity contribution in [2.24, 2.45) is 11.7 Å². The molecule has 2 N–H and O–H groups in total. The van der Waals surface area contributed by atoms with Gasteiger partial charge in [0, 0.05) is 18.1 Å². The summed E-state index contributed by atoms with van der Waals surface area (Å²) in [5.41, 5.74) is 6.28. The number of rotatable bonds is 4. The second kappa shape index (κ2) is 4.63. The number of nitrogens with zero attached hydrogens (tertiary/aromatic N) is 1. The highest BCUT2D eigenvalue weighted by atomic mass is 15.2. The summed E-state index contributed by atoms with van der Waals surface area (Å²) >= 11 is 0. The van der Waals surface area contributed by atoms with Crippen LogP contribution < -0.4 is 5.73 Å². The van der Waals surface area contributed by atoms with Gasteiger partial charge in [0.1, 0.15) is 0 Å². The van der Waals surface area contributed by atoms with Gasteiger partial charge in [0.05, 0.1) is 0 Å². The quantitative estimate of drug-likeness (QED) is 0.750. The van der Waals surface area contributed by atoms with E-state index in [1.54, 1.807) is 0 Å². The average molecular weight is 198 g/mol. The Bertz CT molecular complexity index is 179. The third-order valence-corrected chi connectivity index (χ3v) is 4.17. The summed E-state index contributed by atoms with van der Waals surface area (Å²) in [6.45, 7) is 7.64. The zero-order valence-electron chi connectivity index (χ0n) is 10.2. The molecule has 2 unspecified atom stereocenters. The summed E-state index contributed by atoms with van der Waals surface area (Å²) in [4.78, 5) is 2.49. The topological polar surface area (TPSA) is 29.3 Å². The fourth-order valence-electron chi connectivity index (χ4n) is 2.76. The van der Waals surface area contributed by atoms with Crippen LogP contribution in [0.4, 0.5) is 0 Å². The van der Waals surface area contributed by atoms with E-state index in [1.165, 1.54) is 25.7 Å². The Labute approximate surface area is 88.8 Å². The summed E-state index contributed by atoms with van der Waals surface area (Å²) in [5.74, 6) is 0.903. The van der Waals surface area contributed by atoms with Crippen molar-refractivity contribution >= 4 is 0 Å². The summed E-state index contributed by atoms with van der Waals surface area (Å²) in [7, 11) is 2.23. The van der Waals surface area contributed by atoms with Crippen molar-refractivity contribution in [1.82, 2.24) is 4.90 Å². The van der Waals surface area contributed by atoms with Crippen molar-refractivity contribution < 1.29 is 0 Å². The lowest BCUT2D eigenvalue weighted by atomic mass is 9.92. The van der Waals surface area contributed by atoms with E-state index >= 15 is 0 Å². The molecular weight excluding hydrogens is 172 g/mol. The van der Waals surface area contributed by atoms with Crippen molar-refractivity contribution in [2.75, 3.05) is 13.6 Å². The van der Waals surface area contributed by atoms with Crippen LogP contribution in [0.25, 0.3) is 0 Å². The predicted molar refractivity (Wildman–Crippen MR) is 62.3 cm³/mol. The molecule has 1 saturated carbocycles. The van der Waals surface area contributed by atoms with Crippen LogP contribution in [-0.2, 0) is 0 Å².